The van der Waals surface area contributed by atoms with Crippen LogP contribution in [0.3, 0.4) is 0 Å². The monoisotopic (exact) mass is 351 g/mol. The van der Waals surface area contributed by atoms with Crippen LogP contribution in [0.25, 0.3) is 6.08 Å². The Kier molecular flexibility index (Phi) is 5.53. The number of aryl methyl sites for hydroxylation is 1. The van der Waals surface area contributed by atoms with Gasteiger partial charge in [-0.3, -0.25) is 4.79 Å². The molecule has 0 aromatic heterocycles. The maximum atomic E-state index is 11.9. The van der Waals surface area contributed by atoms with Gasteiger partial charge in [-0.25, -0.2) is 5.43 Å². The van der Waals surface area contributed by atoms with Gasteiger partial charge in [0.15, 0.2) is 11.5 Å². The SMILES string of the molecule is CC(/C=C/c1ccc2c(c1)OCO2)=N\NC(=O)CNc1ccccc1C. The molecule has 0 atom stereocenters. The first-order valence-electron chi connectivity index (χ1n) is 8.32. The highest BCUT2D eigenvalue weighted by Gasteiger charge is 2.12. The molecule has 1 heterocycles. The molecule has 1 aliphatic rings. The number of nitrogens with one attached hydrogen (secondary N) is 2. The summed E-state index contributed by atoms with van der Waals surface area (Å²) in [7, 11) is 0. The van der Waals surface area contributed by atoms with E-state index in [0.29, 0.717) is 5.71 Å². The zero-order valence-corrected chi connectivity index (χ0v) is 14.8. The average molecular weight is 351 g/mol. The predicted octanol–water partition coefficient (Wildman–Crippen LogP) is 3.34. The number of hydrogen-bond acceptors (Lipinski definition) is 5. The van der Waals surface area contributed by atoms with E-state index in [4.69, 9.17) is 9.47 Å². The van der Waals surface area contributed by atoms with Crippen molar-refractivity contribution < 1.29 is 14.3 Å². The van der Waals surface area contributed by atoms with Crippen LogP contribution in [0.4, 0.5) is 5.69 Å². The van der Waals surface area contributed by atoms with Crippen LogP contribution in [0, 0.1) is 6.92 Å². The van der Waals surface area contributed by atoms with Crippen LogP contribution < -0.4 is 20.2 Å². The van der Waals surface area contributed by atoms with Gasteiger partial charge in [-0.1, -0.05) is 30.3 Å². The molecule has 1 aliphatic heterocycles. The summed E-state index contributed by atoms with van der Waals surface area (Å²) in [4.78, 5) is 11.9. The molecule has 6 nitrogen and oxygen atoms in total. The number of amides is 1. The summed E-state index contributed by atoms with van der Waals surface area (Å²) in [5, 5.41) is 7.17. The summed E-state index contributed by atoms with van der Waals surface area (Å²) in [6.07, 6.45) is 3.73. The van der Waals surface area contributed by atoms with Crippen LogP contribution in [0.2, 0.25) is 0 Å². The van der Waals surface area contributed by atoms with Crippen molar-refractivity contribution in [2.45, 2.75) is 13.8 Å². The molecule has 0 unspecified atom stereocenters. The molecule has 2 aromatic carbocycles. The van der Waals surface area contributed by atoms with Gasteiger partial charge in [0, 0.05) is 5.69 Å². The first kappa shape index (κ1) is 17.5. The van der Waals surface area contributed by atoms with Crippen molar-refractivity contribution in [1.82, 2.24) is 5.43 Å². The second-order valence-corrected chi connectivity index (χ2v) is 5.90. The third-order valence-electron chi connectivity index (χ3n) is 3.86. The number of allylic oxidation sites excluding steroid dienone is 1. The van der Waals surface area contributed by atoms with Crippen molar-refractivity contribution >= 4 is 23.4 Å². The number of carbonyl (C=O) groups excluding carboxylic acids is 1. The fourth-order valence-electron chi connectivity index (χ4n) is 2.41. The standard InChI is InChI=1S/C20H21N3O3/c1-14-5-3-4-6-17(14)21-12-20(24)23-22-15(2)7-8-16-9-10-18-19(11-16)26-13-25-18/h3-11,21H,12-13H2,1-2H3,(H,23,24)/b8-7+,22-15+. The Bertz CT molecular complexity index is 859. The lowest BCUT2D eigenvalue weighted by Gasteiger charge is -2.08. The number of rotatable bonds is 6. The highest BCUT2D eigenvalue weighted by Crippen LogP contribution is 2.32. The Labute approximate surface area is 152 Å². The summed E-state index contributed by atoms with van der Waals surface area (Å²) in [5.41, 5.74) is 6.22. The Balaban J connectivity index is 1.50. The van der Waals surface area contributed by atoms with E-state index in [1.54, 1.807) is 0 Å². The Morgan fingerprint density at radius 3 is 2.85 bits per heavy atom. The molecular formula is C20H21N3O3. The fraction of sp³-hybridized carbons (Fsp3) is 0.200. The van der Waals surface area contributed by atoms with E-state index in [0.717, 1.165) is 28.3 Å². The van der Waals surface area contributed by atoms with Crippen molar-refractivity contribution in [2.24, 2.45) is 5.10 Å². The number of fused-ring (bicyclic) bond motifs is 1. The average Bonchev–Trinajstić information content (AvgIpc) is 3.12. The van der Waals surface area contributed by atoms with E-state index in [-0.39, 0.29) is 19.2 Å². The second-order valence-electron chi connectivity index (χ2n) is 5.90. The van der Waals surface area contributed by atoms with E-state index >= 15 is 0 Å². The van der Waals surface area contributed by atoms with Crippen LogP contribution in [-0.4, -0.2) is 25.0 Å². The highest BCUT2D eigenvalue weighted by molar-refractivity contribution is 5.97. The van der Waals surface area contributed by atoms with Gasteiger partial charge >= 0.3 is 0 Å². The molecule has 134 valence electrons. The van der Waals surface area contributed by atoms with Crippen LogP contribution in [-0.2, 0) is 4.79 Å². The van der Waals surface area contributed by atoms with Crippen LogP contribution in [0.15, 0.2) is 53.6 Å². The smallest absolute Gasteiger partial charge is 0.259 e. The molecule has 0 fully saturated rings. The van der Waals surface area contributed by atoms with Crippen molar-refractivity contribution in [1.29, 1.82) is 0 Å². The number of hydrogen-bond donors (Lipinski definition) is 2. The maximum absolute atomic E-state index is 11.9. The molecule has 1 amide bonds. The lowest BCUT2D eigenvalue weighted by Crippen LogP contribution is -2.26. The topological polar surface area (TPSA) is 72.0 Å². The second kappa shape index (κ2) is 8.20. The van der Waals surface area contributed by atoms with Crippen LogP contribution in [0.5, 0.6) is 11.5 Å². The van der Waals surface area contributed by atoms with Gasteiger partial charge in [-0.2, -0.15) is 5.10 Å². The number of ether oxygens (including phenoxy) is 2. The van der Waals surface area contributed by atoms with E-state index in [1.807, 2.05) is 68.5 Å². The molecule has 6 heteroatoms. The highest BCUT2D eigenvalue weighted by atomic mass is 16.7. The quantitative estimate of drug-likeness (QED) is 0.618. The number of benzene rings is 2. The summed E-state index contributed by atoms with van der Waals surface area (Å²) >= 11 is 0. The van der Waals surface area contributed by atoms with Gasteiger partial charge in [-0.05, 0) is 49.2 Å². The maximum Gasteiger partial charge on any atom is 0.259 e. The largest absolute Gasteiger partial charge is 0.454 e. The minimum atomic E-state index is -0.205. The van der Waals surface area contributed by atoms with Crippen LogP contribution >= 0.6 is 0 Å². The van der Waals surface area contributed by atoms with Crippen molar-refractivity contribution in [2.75, 3.05) is 18.7 Å². The summed E-state index contributed by atoms with van der Waals surface area (Å²) < 4.78 is 10.6. The minimum absolute atomic E-state index is 0.160. The first-order valence-corrected chi connectivity index (χ1v) is 8.32. The van der Waals surface area contributed by atoms with Crippen molar-refractivity contribution in [3.63, 3.8) is 0 Å². The molecule has 26 heavy (non-hydrogen) atoms. The summed E-state index contributed by atoms with van der Waals surface area (Å²) in [5.74, 6) is 1.28. The minimum Gasteiger partial charge on any atom is -0.454 e. The Morgan fingerprint density at radius 2 is 2.00 bits per heavy atom. The first-order chi connectivity index (χ1) is 12.6. The Hall–Kier alpha value is -3.28. The normalized spacial score (nSPS) is 13.1. The number of hydrazone groups is 1. The van der Waals surface area contributed by atoms with Gasteiger partial charge in [0.25, 0.3) is 5.91 Å². The van der Waals surface area contributed by atoms with Crippen LogP contribution in [0.1, 0.15) is 18.1 Å². The van der Waals surface area contributed by atoms with E-state index in [1.165, 1.54) is 0 Å². The molecule has 2 aromatic rings. The van der Waals surface area contributed by atoms with Crippen molar-refractivity contribution in [3.8, 4) is 11.5 Å². The van der Waals surface area contributed by atoms with Gasteiger partial charge < -0.3 is 14.8 Å². The Morgan fingerprint density at radius 1 is 1.19 bits per heavy atom. The molecule has 3 rings (SSSR count). The number of nitrogens with zero attached hydrogens (tertiary/aromatic N) is 1. The van der Waals surface area contributed by atoms with Gasteiger partial charge in [-0.15, -0.1) is 0 Å². The zero-order chi connectivity index (χ0) is 18.4. The molecule has 0 saturated heterocycles. The fourth-order valence-corrected chi connectivity index (χ4v) is 2.41. The van der Waals surface area contributed by atoms with Gasteiger partial charge in [0.1, 0.15) is 0 Å². The number of para-hydroxylation sites is 1. The number of carbonyl (C=O) groups is 1. The third-order valence-corrected chi connectivity index (χ3v) is 3.86. The third kappa shape index (κ3) is 4.63. The zero-order valence-electron chi connectivity index (χ0n) is 14.8. The van der Waals surface area contributed by atoms with Crippen molar-refractivity contribution in [3.05, 3.63) is 59.7 Å². The summed E-state index contributed by atoms with van der Waals surface area (Å²) in [6.45, 7) is 4.22. The number of anilines is 1. The lowest BCUT2D eigenvalue weighted by atomic mass is 10.2. The molecule has 2 N–H and O–H groups in total. The molecule has 0 radical (unpaired) electrons. The molecule has 0 bridgehead atoms. The molecule has 0 saturated carbocycles. The van der Waals surface area contributed by atoms with Gasteiger partial charge in [0.2, 0.25) is 6.79 Å². The predicted molar refractivity (Wildman–Crippen MR) is 103 cm³/mol. The van der Waals surface area contributed by atoms with Gasteiger partial charge in [0.05, 0.1) is 12.3 Å². The molecule has 0 spiro atoms. The summed E-state index contributed by atoms with van der Waals surface area (Å²) in [6, 6.07) is 13.5. The lowest BCUT2D eigenvalue weighted by molar-refractivity contribution is -0.119. The van der Waals surface area contributed by atoms with E-state index < -0.39 is 0 Å². The van der Waals surface area contributed by atoms with E-state index in [9.17, 15) is 4.79 Å². The molecule has 0 aliphatic carbocycles. The van der Waals surface area contributed by atoms with E-state index in [2.05, 4.69) is 15.8 Å². The molecular weight excluding hydrogens is 330 g/mol.